The zero-order valence-electron chi connectivity index (χ0n) is 24.0. The Labute approximate surface area is 296 Å². The highest BCUT2D eigenvalue weighted by molar-refractivity contribution is 7.15. The molecule has 8 rings (SSSR count). The third-order valence-electron chi connectivity index (χ3n) is 7.02. The first kappa shape index (κ1) is 31.0. The van der Waals surface area contributed by atoms with E-state index in [0.717, 1.165) is 27.8 Å². The lowest BCUT2D eigenvalue weighted by Gasteiger charge is -2.22. The van der Waals surface area contributed by atoms with Crippen molar-refractivity contribution >= 4 is 114 Å². The third-order valence-corrected chi connectivity index (χ3v) is 11.9. The van der Waals surface area contributed by atoms with E-state index in [-0.39, 0.29) is 5.75 Å². The molecule has 6 heterocycles. The molecule has 46 heavy (non-hydrogen) atoms. The van der Waals surface area contributed by atoms with Crippen molar-refractivity contribution in [3.63, 3.8) is 0 Å². The Morgan fingerprint density at radius 2 is 0.870 bits per heavy atom. The van der Waals surface area contributed by atoms with Crippen LogP contribution in [0.3, 0.4) is 0 Å². The second kappa shape index (κ2) is 14.4. The normalized spacial score (nSPS) is 10.8. The highest BCUT2D eigenvalue weighted by atomic mass is 35.5. The summed E-state index contributed by atoms with van der Waals surface area (Å²) in [5, 5.41) is 31.7. The summed E-state index contributed by atoms with van der Waals surface area (Å²) in [6.07, 6.45) is 0. The molecule has 6 aromatic heterocycles. The van der Waals surface area contributed by atoms with Crippen LogP contribution in [0.15, 0.2) is 139 Å². The minimum absolute atomic E-state index is 0.281. The van der Waals surface area contributed by atoms with Crippen LogP contribution in [0.5, 0.6) is 5.75 Å². The Bertz CT molecular complexity index is 1910. The maximum atomic E-state index is 9.56. The number of nitrogens with zero attached hydrogens (tertiary/aromatic N) is 2. The molecule has 0 fully saturated rings. The third kappa shape index (κ3) is 7.01. The SMILES string of the molecule is Clc1ccc(N(c2ccsc2)c2csc(-c3ccsc3)c2)cc1.Oc1ccc(N(c2ccsc2)c2csc(-c3ccsc3)c2)cc1. The van der Waals surface area contributed by atoms with Gasteiger partial charge >= 0.3 is 0 Å². The van der Waals surface area contributed by atoms with Crippen LogP contribution in [0.1, 0.15) is 0 Å². The van der Waals surface area contributed by atoms with Crippen LogP contribution in [-0.2, 0) is 0 Å². The first-order valence-electron chi connectivity index (χ1n) is 14.0. The van der Waals surface area contributed by atoms with E-state index in [4.69, 9.17) is 11.6 Å². The second-order valence-electron chi connectivity index (χ2n) is 9.99. The van der Waals surface area contributed by atoms with Crippen molar-refractivity contribution in [3.8, 4) is 26.6 Å². The standard InChI is InChI=1S/C18H12ClNS3.C18H13NOS3/c19-14-1-3-15(4-2-14)20(16-6-8-22-11-16)17-9-18(23-12-17)13-5-7-21-10-13;20-17-3-1-14(2-4-17)19(15-6-8-22-11-15)16-9-18(23-12-16)13-5-7-21-10-13/h1-12H;1-12,20H. The van der Waals surface area contributed by atoms with E-state index in [1.807, 2.05) is 24.3 Å². The van der Waals surface area contributed by atoms with Crippen molar-refractivity contribution in [1.29, 1.82) is 0 Å². The van der Waals surface area contributed by atoms with Crippen molar-refractivity contribution in [2.45, 2.75) is 0 Å². The first-order valence-corrected chi connectivity index (χ1v) is 19.9. The number of phenolic OH excluding ortho intramolecular Hbond substituents is 1. The molecule has 0 aliphatic rings. The van der Waals surface area contributed by atoms with Gasteiger partial charge in [0.05, 0.1) is 22.7 Å². The van der Waals surface area contributed by atoms with Crippen LogP contribution in [0.25, 0.3) is 20.9 Å². The topological polar surface area (TPSA) is 26.7 Å². The van der Waals surface area contributed by atoms with Crippen LogP contribution in [0, 0.1) is 0 Å². The molecular weight excluding hydrogens is 704 g/mol. The monoisotopic (exact) mass is 728 g/mol. The number of hydrogen-bond donors (Lipinski definition) is 1. The van der Waals surface area contributed by atoms with Crippen LogP contribution < -0.4 is 9.80 Å². The molecule has 10 heteroatoms. The molecular formula is C36H25ClN2OS6. The van der Waals surface area contributed by atoms with Gasteiger partial charge in [-0.3, -0.25) is 0 Å². The molecule has 0 saturated heterocycles. The Kier molecular flexibility index (Phi) is 9.69. The van der Waals surface area contributed by atoms with E-state index in [0.29, 0.717) is 0 Å². The van der Waals surface area contributed by atoms with Crippen molar-refractivity contribution in [3.05, 3.63) is 144 Å². The molecule has 8 aromatic rings. The van der Waals surface area contributed by atoms with E-state index >= 15 is 0 Å². The molecule has 0 saturated carbocycles. The highest BCUT2D eigenvalue weighted by Crippen LogP contribution is 2.42. The fraction of sp³-hybridized carbons (Fsp3) is 0. The molecule has 228 valence electrons. The molecule has 0 aliphatic heterocycles. The molecule has 3 nitrogen and oxygen atoms in total. The van der Waals surface area contributed by atoms with Gasteiger partial charge < -0.3 is 14.9 Å². The van der Waals surface area contributed by atoms with Crippen LogP contribution in [0.2, 0.25) is 5.02 Å². The fourth-order valence-corrected chi connectivity index (χ4v) is 9.43. The highest BCUT2D eigenvalue weighted by Gasteiger charge is 2.17. The van der Waals surface area contributed by atoms with Gasteiger partial charge in [0, 0.05) is 58.8 Å². The van der Waals surface area contributed by atoms with Gasteiger partial charge in [0.15, 0.2) is 0 Å². The van der Waals surface area contributed by atoms with Gasteiger partial charge in [0.25, 0.3) is 0 Å². The van der Waals surface area contributed by atoms with E-state index in [1.165, 1.54) is 32.3 Å². The minimum Gasteiger partial charge on any atom is -0.508 e. The maximum absolute atomic E-state index is 9.56. The first-order chi connectivity index (χ1) is 22.6. The smallest absolute Gasteiger partial charge is 0.115 e. The number of anilines is 6. The summed E-state index contributed by atoms with van der Waals surface area (Å²) in [7, 11) is 0. The molecule has 0 bridgehead atoms. The molecule has 0 amide bonds. The zero-order valence-corrected chi connectivity index (χ0v) is 29.7. The van der Waals surface area contributed by atoms with E-state index < -0.39 is 0 Å². The summed E-state index contributed by atoms with van der Waals surface area (Å²) in [6.45, 7) is 0. The molecule has 0 radical (unpaired) electrons. The van der Waals surface area contributed by atoms with Gasteiger partial charge in [-0.1, -0.05) is 11.6 Å². The molecule has 0 aliphatic carbocycles. The Morgan fingerprint density at radius 3 is 1.28 bits per heavy atom. The lowest BCUT2D eigenvalue weighted by atomic mass is 10.2. The molecule has 0 unspecified atom stereocenters. The maximum Gasteiger partial charge on any atom is 0.115 e. The van der Waals surface area contributed by atoms with Gasteiger partial charge in [-0.2, -0.15) is 45.3 Å². The quantitative estimate of drug-likeness (QED) is 0.169. The van der Waals surface area contributed by atoms with E-state index in [2.05, 4.69) is 112 Å². The van der Waals surface area contributed by atoms with Gasteiger partial charge in [-0.05, 0) is 117 Å². The van der Waals surface area contributed by atoms with Gasteiger partial charge in [-0.25, -0.2) is 0 Å². The van der Waals surface area contributed by atoms with E-state index in [9.17, 15) is 5.11 Å². The van der Waals surface area contributed by atoms with Crippen LogP contribution in [0.4, 0.5) is 34.1 Å². The number of rotatable bonds is 8. The number of thiophene rings is 6. The average Bonchev–Trinajstić information content (AvgIpc) is 3.90. The second-order valence-corrected chi connectivity index (χ2v) is 15.4. The summed E-state index contributed by atoms with van der Waals surface area (Å²) in [5.41, 5.74) is 9.33. The Hall–Kier alpha value is -3.67. The molecule has 0 atom stereocenters. The zero-order chi connectivity index (χ0) is 31.3. The summed E-state index contributed by atoms with van der Waals surface area (Å²) in [5.74, 6) is 0.281. The number of hydrogen-bond acceptors (Lipinski definition) is 9. The largest absolute Gasteiger partial charge is 0.508 e. The van der Waals surface area contributed by atoms with Gasteiger partial charge in [-0.15, -0.1) is 22.7 Å². The molecule has 2 aromatic carbocycles. The Balaban J connectivity index is 0.000000147. The predicted octanol–water partition coefficient (Wildman–Crippen LogP) is 14.4. The van der Waals surface area contributed by atoms with E-state index in [1.54, 1.807) is 80.2 Å². The van der Waals surface area contributed by atoms with Crippen LogP contribution in [-0.4, -0.2) is 5.11 Å². The van der Waals surface area contributed by atoms with Gasteiger partial charge in [0.2, 0.25) is 0 Å². The lowest BCUT2D eigenvalue weighted by molar-refractivity contribution is 0.475. The molecule has 1 N–H and O–H groups in total. The number of phenols is 1. The lowest BCUT2D eigenvalue weighted by Crippen LogP contribution is -2.07. The van der Waals surface area contributed by atoms with Crippen LogP contribution >= 0.6 is 79.6 Å². The summed E-state index contributed by atoms with van der Waals surface area (Å²) < 4.78 is 0. The predicted molar refractivity (Wildman–Crippen MR) is 207 cm³/mol. The number of halogens is 1. The van der Waals surface area contributed by atoms with Gasteiger partial charge in [0.1, 0.15) is 5.75 Å². The van der Waals surface area contributed by atoms with Crippen molar-refractivity contribution < 1.29 is 5.11 Å². The average molecular weight is 729 g/mol. The van der Waals surface area contributed by atoms with Crippen molar-refractivity contribution in [2.24, 2.45) is 0 Å². The number of benzene rings is 2. The van der Waals surface area contributed by atoms with Crippen molar-refractivity contribution in [1.82, 2.24) is 0 Å². The number of aromatic hydroxyl groups is 1. The minimum atomic E-state index is 0.281. The summed E-state index contributed by atoms with van der Waals surface area (Å²) in [6, 6.07) is 28.3. The fourth-order valence-electron chi connectivity index (χ4n) is 4.85. The van der Waals surface area contributed by atoms with Crippen molar-refractivity contribution in [2.75, 3.05) is 9.80 Å². The Morgan fingerprint density at radius 1 is 0.435 bits per heavy atom. The molecule has 0 spiro atoms. The summed E-state index contributed by atoms with van der Waals surface area (Å²) in [4.78, 5) is 7.03. The summed E-state index contributed by atoms with van der Waals surface area (Å²) >= 11 is 16.4.